The summed E-state index contributed by atoms with van der Waals surface area (Å²) in [6, 6.07) is 0. The van der Waals surface area contributed by atoms with E-state index in [0.717, 1.165) is 41.4 Å². The summed E-state index contributed by atoms with van der Waals surface area (Å²) in [4.78, 5) is 0. The van der Waals surface area contributed by atoms with E-state index in [1.54, 1.807) is 5.57 Å². The van der Waals surface area contributed by atoms with Crippen LogP contribution in [-0.2, 0) is 4.74 Å². The molecule has 4 aliphatic carbocycles. The average Bonchev–Trinajstić information content (AvgIpc) is 3.08. The highest BCUT2D eigenvalue weighted by Crippen LogP contribution is 2.67. The molecule has 3 saturated carbocycles. The second kappa shape index (κ2) is 8.57. The van der Waals surface area contributed by atoms with Crippen molar-refractivity contribution in [2.24, 2.45) is 52.3 Å². The molecule has 0 saturated heterocycles. The summed E-state index contributed by atoms with van der Waals surface area (Å²) in [6.45, 7) is 15.2. The van der Waals surface area contributed by atoms with Crippen molar-refractivity contribution in [3.8, 4) is 0 Å². The first-order chi connectivity index (χ1) is 14.2. The number of hydrogen-bond donors (Lipinski definition) is 0. The van der Waals surface area contributed by atoms with Gasteiger partial charge < -0.3 is 4.74 Å². The fourth-order valence-corrected chi connectivity index (χ4v) is 8.92. The molecule has 9 atom stereocenters. The number of allylic oxidation sites excluding steroid dienone is 1. The Morgan fingerprint density at radius 2 is 1.70 bits per heavy atom. The van der Waals surface area contributed by atoms with Crippen LogP contribution in [0.15, 0.2) is 11.6 Å². The monoisotopic (exact) mass is 414 g/mol. The summed E-state index contributed by atoms with van der Waals surface area (Å²) >= 11 is 0. The molecule has 0 amide bonds. The van der Waals surface area contributed by atoms with Gasteiger partial charge in [-0.15, -0.1) is 0 Å². The fraction of sp³-hybridized carbons (Fsp3) is 0.931. The standard InChI is InChI=1S/C29H50O/c1-19(2)20(3)8-9-21(4)25-12-13-26-24-11-10-22-18-23(30-7)14-16-28(22,5)27(24)15-17-29(25,26)6/h18-21,23-27H,8-17H2,1-7H3/t20-,21+,23?,24?,25?,26?,27?,28?,29?/m0/s1. The van der Waals surface area contributed by atoms with Crippen LogP contribution in [0.3, 0.4) is 0 Å². The van der Waals surface area contributed by atoms with E-state index in [0.29, 0.717) is 16.9 Å². The first kappa shape index (κ1) is 22.9. The first-order valence-electron chi connectivity index (χ1n) is 13.4. The molecule has 7 unspecified atom stereocenters. The Kier molecular flexibility index (Phi) is 6.53. The van der Waals surface area contributed by atoms with Crippen LogP contribution < -0.4 is 0 Å². The highest BCUT2D eigenvalue weighted by Gasteiger charge is 2.59. The Balaban J connectivity index is 1.48. The summed E-state index contributed by atoms with van der Waals surface area (Å²) in [6.07, 6.45) is 17.2. The minimum atomic E-state index is 0.378. The minimum Gasteiger partial charge on any atom is -0.377 e. The Hall–Kier alpha value is -0.300. The van der Waals surface area contributed by atoms with E-state index in [4.69, 9.17) is 4.74 Å². The quantitative estimate of drug-likeness (QED) is 0.397. The SMILES string of the molecule is COC1C=C2CCC3C(CCC4(C)C3CCC4[C@H](C)CC[C@H](C)C(C)C)C2(C)CC1. The van der Waals surface area contributed by atoms with Gasteiger partial charge in [0.15, 0.2) is 0 Å². The first-order valence-corrected chi connectivity index (χ1v) is 13.4. The van der Waals surface area contributed by atoms with Gasteiger partial charge in [-0.05, 0) is 104 Å². The van der Waals surface area contributed by atoms with Crippen molar-refractivity contribution in [2.75, 3.05) is 7.11 Å². The van der Waals surface area contributed by atoms with Gasteiger partial charge in [0.2, 0.25) is 0 Å². The van der Waals surface area contributed by atoms with E-state index in [-0.39, 0.29) is 0 Å². The maximum absolute atomic E-state index is 5.72. The smallest absolute Gasteiger partial charge is 0.0755 e. The van der Waals surface area contributed by atoms with Crippen LogP contribution in [0.4, 0.5) is 0 Å². The maximum atomic E-state index is 5.72. The van der Waals surface area contributed by atoms with Gasteiger partial charge in [-0.1, -0.05) is 66.0 Å². The Morgan fingerprint density at radius 3 is 2.40 bits per heavy atom. The van der Waals surface area contributed by atoms with Crippen molar-refractivity contribution in [1.29, 1.82) is 0 Å². The van der Waals surface area contributed by atoms with Crippen LogP contribution in [0.2, 0.25) is 0 Å². The minimum absolute atomic E-state index is 0.378. The molecule has 0 spiro atoms. The number of methoxy groups -OCH3 is 1. The molecule has 0 aromatic rings. The van der Waals surface area contributed by atoms with Crippen molar-refractivity contribution < 1.29 is 4.74 Å². The lowest BCUT2D eigenvalue weighted by atomic mass is 9.46. The topological polar surface area (TPSA) is 9.23 Å². The predicted octanol–water partition coefficient (Wildman–Crippen LogP) is 8.29. The summed E-state index contributed by atoms with van der Waals surface area (Å²) in [5, 5.41) is 0. The third kappa shape index (κ3) is 3.74. The summed E-state index contributed by atoms with van der Waals surface area (Å²) in [5.74, 6) is 6.49. The zero-order chi connectivity index (χ0) is 21.7. The average molecular weight is 415 g/mol. The highest BCUT2D eigenvalue weighted by molar-refractivity contribution is 5.25. The molecule has 0 aliphatic heterocycles. The third-order valence-corrected chi connectivity index (χ3v) is 11.3. The van der Waals surface area contributed by atoms with Crippen LogP contribution >= 0.6 is 0 Å². The Morgan fingerprint density at radius 1 is 0.933 bits per heavy atom. The summed E-state index contributed by atoms with van der Waals surface area (Å²) < 4.78 is 5.72. The molecule has 1 nitrogen and oxygen atoms in total. The molecule has 30 heavy (non-hydrogen) atoms. The molecule has 3 fully saturated rings. The number of ether oxygens (including phenoxy) is 1. The molecule has 0 radical (unpaired) electrons. The van der Waals surface area contributed by atoms with Crippen molar-refractivity contribution in [2.45, 2.75) is 112 Å². The molecular weight excluding hydrogens is 364 g/mol. The molecule has 4 aliphatic rings. The summed E-state index contributed by atoms with van der Waals surface area (Å²) in [7, 11) is 1.89. The fourth-order valence-electron chi connectivity index (χ4n) is 8.92. The van der Waals surface area contributed by atoms with E-state index in [1.165, 1.54) is 64.2 Å². The van der Waals surface area contributed by atoms with Crippen LogP contribution in [0.25, 0.3) is 0 Å². The van der Waals surface area contributed by atoms with E-state index in [1.807, 2.05) is 7.11 Å². The van der Waals surface area contributed by atoms with Gasteiger partial charge in [-0.2, -0.15) is 0 Å². The molecule has 0 bridgehead atoms. The molecule has 4 rings (SSSR count). The van der Waals surface area contributed by atoms with Gasteiger partial charge >= 0.3 is 0 Å². The van der Waals surface area contributed by atoms with E-state index >= 15 is 0 Å². The van der Waals surface area contributed by atoms with Gasteiger partial charge in [0.1, 0.15) is 0 Å². The molecule has 172 valence electrons. The molecule has 0 aromatic heterocycles. The zero-order valence-corrected chi connectivity index (χ0v) is 21.2. The van der Waals surface area contributed by atoms with Crippen molar-refractivity contribution >= 4 is 0 Å². The highest BCUT2D eigenvalue weighted by atomic mass is 16.5. The largest absolute Gasteiger partial charge is 0.377 e. The van der Waals surface area contributed by atoms with Crippen LogP contribution in [-0.4, -0.2) is 13.2 Å². The van der Waals surface area contributed by atoms with Crippen LogP contribution in [0.5, 0.6) is 0 Å². The maximum Gasteiger partial charge on any atom is 0.0755 e. The van der Waals surface area contributed by atoms with E-state index < -0.39 is 0 Å². The number of hydrogen-bond acceptors (Lipinski definition) is 1. The lowest BCUT2D eigenvalue weighted by molar-refractivity contribution is -0.0640. The lowest BCUT2D eigenvalue weighted by Crippen LogP contribution is -2.51. The molecule has 0 aromatic carbocycles. The van der Waals surface area contributed by atoms with Gasteiger partial charge in [-0.3, -0.25) is 0 Å². The molecule has 0 heterocycles. The number of rotatable bonds is 6. The number of fused-ring (bicyclic) bond motifs is 5. The predicted molar refractivity (Wildman–Crippen MR) is 128 cm³/mol. The van der Waals surface area contributed by atoms with Crippen LogP contribution in [0.1, 0.15) is 106 Å². The summed E-state index contributed by atoms with van der Waals surface area (Å²) in [5.41, 5.74) is 2.84. The normalized spacial score (nSPS) is 45.3. The van der Waals surface area contributed by atoms with E-state index in [2.05, 4.69) is 47.6 Å². The van der Waals surface area contributed by atoms with Crippen molar-refractivity contribution in [1.82, 2.24) is 0 Å². The van der Waals surface area contributed by atoms with Gasteiger partial charge in [0.25, 0.3) is 0 Å². The van der Waals surface area contributed by atoms with Gasteiger partial charge in [0, 0.05) is 7.11 Å². The van der Waals surface area contributed by atoms with Crippen molar-refractivity contribution in [3.63, 3.8) is 0 Å². The second-order valence-electron chi connectivity index (χ2n) is 12.8. The molecular formula is C29H50O. The molecule has 0 N–H and O–H groups in total. The van der Waals surface area contributed by atoms with Crippen LogP contribution in [0, 0.1) is 52.3 Å². The second-order valence-corrected chi connectivity index (χ2v) is 12.8. The Bertz CT molecular complexity index is 634. The van der Waals surface area contributed by atoms with Gasteiger partial charge in [-0.25, -0.2) is 0 Å². The zero-order valence-electron chi connectivity index (χ0n) is 21.2. The van der Waals surface area contributed by atoms with Gasteiger partial charge in [0.05, 0.1) is 6.10 Å². The lowest BCUT2D eigenvalue weighted by Gasteiger charge is -2.59. The third-order valence-electron chi connectivity index (χ3n) is 11.3. The van der Waals surface area contributed by atoms with E-state index in [9.17, 15) is 0 Å². The van der Waals surface area contributed by atoms with Crippen molar-refractivity contribution in [3.05, 3.63) is 11.6 Å². The molecule has 1 heteroatoms. The Labute approximate surface area is 187 Å².